The fourth-order valence-electron chi connectivity index (χ4n) is 1.99. The molecule has 0 saturated heterocycles. The molecule has 0 unspecified atom stereocenters. The van der Waals surface area contributed by atoms with Gasteiger partial charge in [0.1, 0.15) is 11.9 Å². The number of rotatable bonds is 3. The summed E-state index contributed by atoms with van der Waals surface area (Å²) in [5.74, 6) is 0.0594. The Morgan fingerprint density at radius 3 is 2.63 bits per heavy atom. The van der Waals surface area contributed by atoms with Gasteiger partial charge in [-0.15, -0.1) is 0 Å². The lowest BCUT2D eigenvalue weighted by Gasteiger charge is -1.98. The Labute approximate surface area is 109 Å². The second-order valence-electron chi connectivity index (χ2n) is 4.22. The van der Waals surface area contributed by atoms with Gasteiger partial charge in [0.15, 0.2) is 5.76 Å². The van der Waals surface area contributed by atoms with Crippen molar-refractivity contribution in [3.05, 3.63) is 71.5 Å². The molecule has 19 heavy (non-hydrogen) atoms. The number of hydrogen-bond acceptors (Lipinski definition) is 3. The number of hydrogen-bond donors (Lipinski definition) is 0. The van der Waals surface area contributed by atoms with Crippen LogP contribution in [0.4, 0.5) is 0 Å². The first-order valence-electron chi connectivity index (χ1n) is 5.86. The van der Waals surface area contributed by atoms with E-state index in [1.54, 1.807) is 30.3 Å². The first-order chi connectivity index (χ1) is 9.28. The number of aldehydes is 1. The number of carbonyl (C=O) groups is 2. The summed E-state index contributed by atoms with van der Waals surface area (Å²) in [7, 11) is 0. The van der Waals surface area contributed by atoms with Crippen LogP contribution in [-0.4, -0.2) is 12.1 Å². The van der Waals surface area contributed by atoms with Crippen LogP contribution in [0.2, 0.25) is 0 Å². The van der Waals surface area contributed by atoms with E-state index in [9.17, 15) is 9.59 Å². The van der Waals surface area contributed by atoms with Crippen LogP contribution in [0.1, 0.15) is 26.5 Å². The molecule has 3 heteroatoms. The lowest BCUT2D eigenvalue weighted by Crippen LogP contribution is -2.00. The molecule has 92 valence electrons. The van der Waals surface area contributed by atoms with Gasteiger partial charge in [-0.3, -0.25) is 9.59 Å². The van der Waals surface area contributed by atoms with E-state index >= 15 is 0 Å². The van der Waals surface area contributed by atoms with Crippen LogP contribution in [0.5, 0.6) is 0 Å². The third-order valence-electron chi connectivity index (χ3n) is 2.93. The highest BCUT2D eigenvalue weighted by Crippen LogP contribution is 2.21. The predicted octanol–water partition coefficient (Wildman–Crippen LogP) is 3.48. The number of carbonyl (C=O) groups excluding carboxylic acids is 2. The van der Waals surface area contributed by atoms with Gasteiger partial charge < -0.3 is 4.42 Å². The number of furan rings is 1. The second kappa shape index (κ2) is 4.53. The Hall–Kier alpha value is -2.68. The van der Waals surface area contributed by atoms with E-state index in [1.807, 2.05) is 24.3 Å². The van der Waals surface area contributed by atoms with Crippen molar-refractivity contribution in [3.63, 3.8) is 0 Å². The summed E-state index contributed by atoms with van der Waals surface area (Å²) in [4.78, 5) is 23.0. The zero-order valence-corrected chi connectivity index (χ0v) is 10.00. The van der Waals surface area contributed by atoms with Crippen LogP contribution in [-0.2, 0) is 0 Å². The van der Waals surface area contributed by atoms with Gasteiger partial charge in [-0.2, -0.15) is 0 Å². The van der Waals surface area contributed by atoms with Crippen molar-refractivity contribution in [3.8, 4) is 0 Å². The summed E-state index contributed by atoms with van der Waals surface area (Å²) in [6.07, 6.45) is 0.718. The zero-order valence-electron chi connectivity index (χ0n) is 10.00. The molecule has 0 aliphatic carbocycles. The Morgan fingerprint density at radius 1 is 1.00 bits per heavy atom. The van der Waals surface area contributed by atoms with Gasteiger partial charge in [0.2, 0.25) is 5.78 Å². The van der Waals surface area contributed by atoms with Crippen LogP contribution < -0.4 is 0 Å². The standard InChI is InChI=1S/C16H10O3/c17-10-11-4-3-6-13(8-11)16(18)15-9-12-5-1-2-7-14(12)19-15/h1-10H. The summed E-state index contributed by atoms with van der Waals surface area (Å²) in [6, 6.07) is 15.7. The van der Waals surface area contributed by atoms with Gasteiger partial charge in [0.05, 0.1) is 0 Å². The highest BCUT2D eigenvalue weighted by atomic mass is 16.3. The van der Waals surface area contributed by atoms with Gasteiger partial charge in [-0.1, -0.05) is 36.4 Å². The molecule has 3 rings (SSSR count). The molecular weight excluding hydrogens is 240 g/mol. The van der Waals surface area contributed by atoms with Crippen LogP contribution in [0.3, 0.4) is 0 Å². The molecule has 1 aromatic heterocycles. The third-order valence-corrected chi connectivity index (χ3v) is 2.93. The van der Waals surface area contributed by atoms with E-state index < -0.39 is 0 Å². The molecule has 3 nitrogen and oxygen atoms in total. The maximum absolute atomic E-state index is 12.3. The van der Waals surface area contributed by atoms with Gasteiger partial charge in [-0.05, 0) is 18.2 Å². The van der Waals surface area contributed by atoms with Crippen molar-refractivity contribution in [2.45, 2.75) is 0 Å². The predicted molar refractivity (Wildman–Crippen MR) is 71.5 cm³/mol. The topological polar surface area (TPSA) is 47.3 Å². The minimum Gasteiger partial charge on any atom is -0.453 e. The van der Waals surface area contributed by atoms with Crippen LogP contribution >= 0.6 is 0 Å². The average molecular weight is 250 g/mol. The molecule has 2 aromatic carbocycles. The van der Waals surface area contributed by atoms with Crippen molar-refractivity contribution in [1.82, 2.24) is 0 Å². The molecule has 0 N–H and O–H groups in total. The van der Waals surface area contributed by atoms with E-state index in [0.29, 0.717) is 16.7 Å². The monoisotopic (exact) mass is 250 g/mol. The molecular formula is C16H10O3. The van der Waals surface area contributed by atoms with Gasteiger partial charge in [0.25, 0.3) is 0 Å². The molecule has 1 heterocycles. The van der Waals surface area contributed by atoms with E-state index in [0.717, 1.165) is 11.7 Å². The van der Waals surface area contributed by atoms with Gasteiger partial charge >= 0.3 is 0 Å². The smallest absolute Gasteiger partial charge is 0.228 e. The Morgan fingerprint density at radius 2 is 1.84 bits per heavy atom. The molecule has 0 radical (unpaired) electrons. The van der Waals surface area contributed by atoms with Crippen LogP contribution in [0.15, 0.2) is 59.0 Å². The van der Waals surface area contributed by atoms with Crippen molar-refractivity contribution in [2.75, 3.05) is 0 Å². The van der Waals surface area contributed by atoms with Crippen molar-refractivity contribution in [2.24, 2.45) is 0 Å². The molecule has 0 aliphatic rings. The fraction of sp³-hybridized carbons (Fsp3) is 0. The highest BCUT2D eigenvalue weighted by Gasteiger charge is 2.14. The maximum atomic E-state index is 12.3. The largest absolute Gasteiger partial charge is 0.453 e. The summed E-state index contributed by atoms with van der Waals surface area (Å²) in [5, 5.41) is 0.886. The molecule has 0 fully saturated rings. The Kier molecular flexibility index (Phi) is 2.72. The first-order valence-corrected chi connectivity index (χ1v) is 5.86. The molecule has 0 saturated carbocycles. The Balaban J connectivity index is 2.05. The normalized spacial score (nSPS) is 10.5. The van der Waals surface area contributed by atoms with Crippen LogP contribution in [0.25, 0.3) is 11.0 Å². The zero-order chi connectivity index (χ0) is 13.2. The lowest BCUT2D eigenvalue weighted by atomic mass is 10.1. The van der Waals surface area contributed by atoms with E-state index in [1.165, 1.54) is 0 Å². The molecule has 0 aliphatic heterocycles. The molecule has 0 amide bonds. The van der Waals surface area contributed by atoms with Gasteiger partial charge in [-0.25, -0.2) is 0 Å². The molecule has 0 spiro atoms. The van der Waals surface area contributed by atoms with Crippen molar-refractivity contribution >= 4 is 23.0 Å². The minimum absolute atomic E-state index is 0.222. The fourth-order valence-corrected chi connectivity index (χ4v) is 1.99. The SMILES string of the molecule is O=Cc1cccc(C(=O)c2cc3ccccc3o2)c1. The van der Waals surface area contributed by atoms with Crippen molar-refractivity contribution < 1.29 is 14.0 Å². The molecule has 0 bridgehead atoms. The number of fused-ring (bicyclic) bond motifs is 1. The second-order valence-corrected chi connectivity index (χ2v) is 4.22. The van der Waals surface area contributed by atoms with Gasteiger partial charge in [0, 0.05) is 16.5 Å². The van der Waals surface area contributed by atoms with E-state index in [-0.39, 0.29) is 11.5 Å². The lowest BCUT2D eigenvalue weighted by molar-refractivity contribution is 0.101. The first kappa shape index (κ1) is 11.4. The van der Waals surface area contributed by atoms with Crippen LogP contribution in [0, 0.1) is 0 Å². The minimum atomic E-state index is -0.222. The quantitative estimate of drug-likeness (QED) is 0.528. The third kappa shape index (κ3) is 2.06. The maximum Gasteiger partial charge on any atom is 0.228 e. The number of para-hydroxylation sites is 1. The van der Waals surface area contributed by atoms with E-state index in [4.69, 9.17) is 4.42 Å². The van der Waals surface area contributed by atoms with Crippen molar-refractivity contribution in [1.29, 1.82) is 0 Å². The summed E-state index contributed by atoms with van der Waals surface area (Å²) < 4.78 is 5.52. The molecule has 3 aromatic rings. The number of benzene rings is 2. The Bertz CT molecular complexity index is 735. The summed E-state index contributed by atoms with van der Waals surface area (Å²) in [6.45, 7) is 0. The highest BCUT2D eigenvalue weighted by molar-refractivity contribution is 6.09. The summed E-state index contributed by atoms with van der Waals surface area (Å²) in [5.41, 5.74) is 1.60. The summed E-state index contributed by atoms with van der Waals surface area (Å²) >= 11 is 0. The number of ketones is 1. The molecule has 0 atom stereocenters. The van der Waals surface area contributed by atoms with E-state index in [2.05, 4.69) is 0 Å². The average Bonchev–Trinajstić information content (AvgIpc) is 2.90.